The Labute approximate surface area is 209 Å². The minimum absolute atomic E-state index is 0.128. The van der Waals surface area contributed by atoms with Crippen LogP contribution in [0.25, 0.3) is 11.1 Å². The molecule has 0 aliphatic heterocycles. The Bertz CT molecular complexity index is 1180. The van der Waals surface area contributed by atoms with E-state index in [9.17, 15) is 13.2 Å². The van der Waals surface area contributed by atoms with E-state index in [1.807, 2.05) is 60.7 Å². The van der Waals surface area contributed by atoms with Crippen LogP contribution in [0.1, 0.15) is 31.7 Å². The number of aryl methyl sites for hydroxylation is 1. The molecule has 3 aromatic carbocycles. The third-order valence-electron chi connectivity index (χ3n) is 5.58. The second-order valence-corrected chi connectivity index (χ2v) is 10.3. The zero-order valence-corrected chi connectivity index (χ0v) is 21.3. The summed E-state index contributed by atoms with van der Waals surface area (Å²) in [5.74, 6) is 0.650. The average Bonchev–Trinajstić information content (AvgIpc) is 2.85. The van der Waals surface area contributed by atoms with Crippen LogP contribution in [0.2, 0.25) is 0 Å². The monoisotopic (exact) mass is 494 g/mol. The normalized spacial score (nSPS) is 11.1. The first-order valence-corrected chi connectivity index (χ1v) is 13.8. The molecule has 1 N–H and O–H groups in total. The summed E-state index contributed by atoms with van der Waals surface area (Å²) in [6.07, 6.45) is 3.98. The lowest BCUT2D eigenvalue weighted by Crippen LogP contribution is -2.33. The molecule has 0 saturated heterocycles. The van der Waals surface area contributed by atoms with Crippen molar-refractivity contribution in [3.8, 4) is 16.9 Å². The second-order valence-electron chi connectivity index (χ2n) is 8.41. The largest absolute Gasteiger partial charge is 0.492 e. The van der Waals surface area contributed by atoms with Crippen molar-refractivity contribution in [3.05, 3.63) is 84.4 Å². The number of nitrogens with zero attached hydrogens (tertiary/aromatic N) is 1. The van der Waals surface area contributed by atoms with Crippen LogP contribution in [0.15, 0.2) is 78.9 Å². The molecule has 0 aliphatic carbocycles. The Morgan fingerprint density at radius 3 is 2.31 bits per heavy atom. The Balaban J connectivity index is 1.50. The number of hydrogen-bond acceptors (Lipinski definition) is 4. The fourth-order valence-electron chi connectivity index (χ4n) is 3.89. The van der Waals surface area contributed by atoms with Crippen LogP contribution in [0.4, 0.5) is 5.69 Å². The number of anilines is 1. The lowest BCUT2D eigenvalue weighted by Gasteiger charge is -2.25. The topological polar surface area (TPSA) is 75.7 Å². The first kappa shape index (κ1) is 26.3. The van der Waals surface area contributed by atoms with Crippen molar-refractivity contribution in [2.45, 2.75) is 32.6 Å². The van der Waals surface area contributed by atoms with Crippen molar-refractivity contribution in [2.75, 3.05) is 30.3 Å². The van der Waals surface area contributed by atoms with Gasteiger partial charge in [0.1, 0.15) is 12.4 Å². The molecule has 0 fully saturated rings. The molecule has 3 rings (SSSR count). The molecule has 7 heteroatoms. The summed E-state index contributed by atoms with van der Waals surface area (Å²) in [5.41, 5.74) is 3.67. The standard InChI is InChI=1S/C28H34N2O4S/c1-3-10-23-16-18-25(19-17-23)34-22-20-29-28(31)15-9-21-30(35(2,32)33)27-14-8-7-13-26(27)24-11-5-4-6-12-24/h4-8,11-14,16-19H,3,9-10,15,20-22H2,1-2H3,(H,29,31). The molecule has 6 nitrogen and oxygen atoms in total. The Morgan fingerprint density at radius 1 is 0.943 bits per heavy atom. The van der Waals surface area contributed by atoms with Crippen molar-refractivity contribution in [2.24, 2.45) is 0 Å². The molecular formula is C28H34N2O4S. The maximum Gasteiger partial charge on any atom is 0.232 e. The van der Waals surface area contributed by atoms with E-state index in [-0.39, 0.29) is 18.9 Å². The van der Waals surface area contributed by atoms with Crippen molar-refractivity contribution in [3.63, 3.8) is 0 Å². The Morgan fingerprint density at radius 2 is 1.63 bits per heavy atom. The van der Waals surface area contributed by atoms with Gasteiger partial charge >= 0.3 is 0 Å². The van der Waals surface area contributed by atoms with E-state index in [1.54, 1.807) is 6.07 Å². The first-order chi connectivity index (χ1) is 16.9. The van der Waals surface area contributed by atoms with E-state index in [1.165, 1.54) is 16.1 Å². The summed E-state index contributed by atoms with van der Waals surface area (Å²) >= 11 is 0. The number of nitrogens with one attached hydrogen (secondary N) is 1. The molecule has 0 radical (unpaired) electrons. The molecule has 3 aromatic rings. The van der Waals surface area contributed by atoms with E-state index in [0.29, 0.717) is 25.3 Å². The fraction of sp³-hybridized carbons (Fsp3) is 0.321. The molecule has 0 bridgehead atoms. The highest BCUT2D eigenvalue weighted by Gasteiger charge is 2.20. The number of hydrogen-bond donors (Lipinski definition) is 1. The van der Waals surface area contributed by atoms with Crippen LogP contribution < -0.4 is 14.4 Å². The summed E-state index contributed by atoms with van der Waals surface area (Å²) in [5, 5.41) is 2.84. The molecular weight excluding hydrogens is 460 g/mol. The first-order valence-electron chi connectivity index (χ1n) is 12.0. The van der Waals surface area contributed by atoms with Crippen molar-refractivity contribution in [1.29, 1.82) is 0 Å². The smallest absolute Gasteiger partial charge is 0.232 e. The van der Waals surface area contributed by atoms with E-state index < -0.39 is 10.0 Å². The number of rotatable bonds is 13. The quantitative estimate of drug-likeness (QED) is 0.338. The van der Waals surface area contributed by atoms with Crippen LogP contribution in [0.3, 0.4) is 0 Å². The molecule has 0 aliphatic rings. The van der Waals surface area contributed by atoms with Crippen LogP contribution in [-0.4, -0.2) is 40.3 Å². The number of amides is 1. The predicted molar refractivity (Wildman–Crippen MR) is 142 cm³/mol. The lowest BCUT2D eigenvalue weighted by molar-refractivity contribution is -0.121. The minimum atomic E-state index is -3.52. The Hall–Kier alpha value is -3.32. The number of para-hydroxylation sites is 1. The number of sulfonamides is 1. The highest BCUT2D eigenvalue weighted by Crippen LogP contribution is 2.32. The van der Waals surface area contributed by atoms with Gasteiger partial charge in [0.15, 0.2) is 0 Å². The summed E-state index contributed by atoms with van der Waals surface area (Å²) in [7, 11) is -3.52. The average molecular weight is 495 g/mol. The molecule has 0 aromatic heterocycles. The van der Waals surface area contributed by atoms with Crippen LogP contribution in [0, 0.1) is 0 Å². The van der Waals surface area contributed by atoms with Gasteiger partial charge in [0.2, 0.25) is 15.9 Å². The lowest BCUT2D eigenvalue weighted by atomic mass is 10.0. The van der Waals surface area contributed by atoms with E-state index in [4.69, 9.17) is 4.74 Å². The van der Waals surface area contributed by atoms with Gasteiger partial charge in [0.25, 0.3) is 0 Å². The molecule has 0 atom stereocenters. The predicted octanol–water partition coefficient (Wildman–Crippen LogP) is 5.05. The van der Waals surface area contributed by atoms with Gasteiger partial charge in [-0.25, -0.2) is 8.42 Å². The van der Waals surface area contributed by atoms with Gasteiger partial charge < -0.3 is 10.1 Å². The van der Waals surface area contributed by atoms with E-state index >= 15 is 0 Å². The zero-order valence-electron chi connectivity index (χ0n) is 20.4. The summed E-state index contributed by atoms with van der Waals surface area (Å²) in [4.78, 5) is 12.3. The molecule has 35 heavy (non-hydrogen) atoms. The van der Waals surface area contributed by atoms with E-state index in [0.717, 1.165) is 29.7 Å². The van der Waals surface area contributed by atoms with Crippen LogP contribution in [0.5, 0.6) is 5.75 Å². The maximum absolute atomic E-state index is 12.6. The molecule has 0 spiro atoms. The SMILES string of the molecule is CCCc1ccc(OCCNC(=O)CCCN(c2ccccc2-c2ccccc2)S(C)(=O)=O)cc1. The van der Waals surface area contributed by atoms with Gasteiger partial charge in [-0.05, 0) is 42.2 Å². The van der Waals surface area contributed by atoms with Crippen molar-refractivity contribution >= 4 is 21.6 Å². The van der Waals surface area contributed by atoms with Gasteiger partial charge in [-0.1, -0.05) is 74.0 Å². The van der Waals surface area contributed by atoms with Gasteiger partial charge in [-0.15, -0.1) is 0 Å². The number of carbonyl (C=O) groups excluding carboxylic acids is 1. The number of ether oxygens (including phenoxy) is 1. The van der Waals surface area contributed by atoms with Crippen molar-refractivity contribution < 1.29 is 17.9 Å². The highest BCUT2D eigenvalue weighted by molar-refractivity contribution is 7.92. The third-order valence-corrected chi connectivity index (χ3v) is 6.76. The van der Waals surface area contributed by atoms with Crippen LogP contribution >= 0.6 is 0 Å². The third kappa shape index (κ3) is 8.14. The molecule has 0 saturated carbocycles. The van der Waals surface area contributed by atoms with Gasteiger partial charge in [-0.2, -0.15) is 0 Å². The summed E-state index contributed by atoms with van der Waals surface area (Å²) in [6, 6.07) is 25.1. The van der Waals surface area contributed by atoms with Crippen LogP contribution in [-0.2, 0) is 21.2 Å². The van der Waals surface area contributed by atoms with Gasteiger partial charge in [0, 0.05) is 18.5 Å². The van der Waals surface area contributed by atoms with Gasteiger partial charge in [0.05, 0.1) is 18.5 Å². The van der Waals surface area contributed by atoms with Crippen molar-refractivity contribution in [1.82, 2.24) is 5.32 Å². The molecule has 0 unspecified atom stereocenters. The molecule has 186 valence electrons. The summed E-state index contributed by atoms with van der Waals surface area (Å²) < 4.78 is 32.3. The van der Waals surface area contributed by atoms with Gasteiger partial charge in [-0.3, -0.25) is 9.10 Å². The Kier molecular flexibility index (Phi) is 9.73. The highest BCUT2D eigenvalue weighted by atomic mass is 32.2. The number of carbonyl (C=O) groups is 1. The fourth-order valence-corrected chi connectivity index (χ4v) is 4.87. The maximum atomic E-state index is 12.6. The second kappa shape index (κ2) is 13.0. The van der Waals surface area contributed by atoms with E-state index in [2.05, 4.69) is 24.4 Å². The zero-order chi connectivity index (χ0) is 25.1. The molecule has 0 heterocycles. The summed E-state index contributed by atoms with van der Waals surface area (Å²) in [6.45, 7) is 3.13. The number of benzene rings is 3. The minimum Gasteiger partial charge on any atom is -0.492 e. The molecule has 1 amide bonds.